The predicted molar refractivity (Wildman–Crippen MR) is 86.7 cm³/mol. The first-order valence-electron chi connectivity index (χ1n) is 7.61. The lowest BCUT2D eigenvalue weighted by Gasteiger charge is -2.37. The highest BCUT2D eigenvalue weighted by molar-refractivity contribution is 5.92. The highest BCUT2D eigenvalue weighted by Gasteiger charge is 2.24. The molecule has 1 aliphatic rings. The van der Waals surface area contributed by atoms with E-state index in [9.17, 15) is 0 Å². The fourth-order valence-corrected chi connectivity index (χ4v) is 3.12. The zero-order valence-corrected chi connectivity index (χ0v) is 13.0. The molecule has 0 radical (unpaired) electrons. The molecule has 3 rings (SSSR count). The predicted octanol–water partition coefficient (Wildman–Crippen LogP) is 2.57. The maximum absolute atomic E-state index is 5.86. The molecular formula is C17H23N3O. The summed E-state index contributed by atoms with van der Waals surface area (Å²) < 4.78 is 5.86. The molecule has 2 aromatic rings. The van der Waals surface area contributed by atoms with Crippen LogP contribution in [0.4, 0.5) is 5.69 Å². The van der Waals surface area contributed by atoms with Crippen LogP contribution in [0.5, 0.6) is 0 Å². The van der Waals surface area contributed by atoms with E-state index < -0.39 is 0 Å². The standard InChI is InChI=1S/C17H23N3O/c1-12-10-20(11-13(2)21-12)17-8-14(9-18-3)19-16-7-5-4-6-15(16)17/h4-8,12-13,18H,9-11H2,1-3H3. The van der Waals surface area contributed by atoms with Crippen molar-refractivity contribution in [2.75, 3.05) is 25.0 Å². The summed E-state index contributed by atoms with van der Waals surface area (Å²) in [7, 11) is 1.95. The Morgan fingerprint density at radius 3 is 2.67 bits per heavy atom. The molecule has 1 aliphatic heterocycles. The van der Waals surface area contributed by atoms with Gasteiger partial charge in [0.05, 0.1) is 23.4 Å². The number of morpholine rings is 1. The summed E-state index contributed by atoms with van der Waals surface area (Å²) in [6.45, 7) is 6.92. The average Bonchev–Trinajstić information content (AvgIpc) is 2.46. The first kappa shape index (κ1) is 14.3. The second-order valence-electron chi connectivity index (χ2n) is 5.84. The first-order chi connectivity index (χ1) is 10.2. The van der Waals surface area contributed by atoms with E-state index in [1.807, 2.05) is 13.1 Å². The van der Waals surface area contributed by atoms with E-state index in [1.54, 1.807) is 0 Å². The molecule has 1 aromatic heterocycles. The molecule has 2 unspecified atom stereocenters. The van der Waals surface area contributed by atoms with Gasteiger partial charge in [-0.05, 0) is 33.0 Å². The normalized spacial score (nSPS) is 22.7. The molecule has 112 valence electrons. The van der Waals surface area contributed by atoms with Crippen LogP contribution >= 0.6 is 0 Å². The van der Waals surface area contributed by atoms with Crippen molar-refractivity contribution in [2.45, 2.75) is 32.6 Å². The van der Waals surface area contributed by atoms with Gasteiger partial charge >= 0.3 is 0 Å². The summed E-state index contributed by atoms with van der Waals surface area (Å²) in [5, 5.41) is 4.41. The van der Waals surface area contributed by atoms with Crippen LogP contribution in [-0.2, 0) is 11.3 Å². The van der Waals surface area contributed by atoms with E-state index in [0.29, 0.717) is 0 Å². The molecule has 21 heavy (non-hydrogen) atoms. The minimum absolute atomic E-state index is 0.258. The van der Waals surface area contributed by atoms with Crippen LogP contribution < -0.4 is 10.2 Å². The van der Waals surface area contributed by atoms with Gasteiger partial charge in [0.2, 0.25) is 0 Å². The smallest absolute Gasteiger partial charge is 0.0726 e. The topological polar surface area (TPSA) is 37.4 Å². The molecule has 1 aromatic carbocycles. The van der Waals surface area contributed by atoms with Crippen molar-refractivity contribution in [3.8, 4) is 0 Å². The second-order valence-corrected chi connectivity index (χ2v) is 5.84. The van der Waals surface area contributed by atoms with Gasteiger partial charge in [-0.2, -0.15) is 0 Å². The summed E-state index contributed by atoms with van der Waals surface area (Å²) >= 11 is 0. The van der Waals surface area contributed by atoms with E-state index in [4.69, 9.17) is 9.72 Å². The number of fused-ring (bicyclic) bond motifs is 1. The molecule has 0 amide bonds. The molecule has 2 heterocycles. The minimum Gasteiger partial charge on any atom is -0.372 e. The van der Waals surface area contributed by atoms with Crippen molar-refractivity contribution in [1.82, 2.24) is 10.3 Å². The number of nitrogens with one attached hydrogen (secondary N) is 1. The lowest BCUT2D eigenvalue weighted by molar-refractivity contribution is -0.00514. The molecule has 1 saturated heterocycles. The van der Waals surface area contributed by atoms with E-state index in [1.165, 1.54) is 11.1 Å². The van der Waals surface area contributed by atoms with Crippen LogP contribution in [0.1, 0.15) is 19.5 Å². The van der Waals surface area contributed by atoms with E-state index >= 15 is 0 Å². The van der Waals surface area contributed by atoms with Gasteiger partial charge in [-0.3, -0.25) is 4.98 Å². The van der Waals surface area contributed by atoms with Gasteiger partial charge in [0.25, 0.3) is 0 Å². The zero-order valence-electron chi connectivity index (χ0n) is 13.0. The highest BCUT2D eigenvalue weighted by Crippen LogP contribution is 2.29. The maximum atomic E-state index is 5.86. The third kappa shape index (κ3) is 3.01. The van der Waals surface area contributed by atoms with E-state index in [2.05, 4.69) is 48.3 Å². The Morgan fingerprint density at radius 2 is 1.95 bits per heavy atom. The molecule has 2 atom stereocenters. The first-order valence-corrected chi connectivity index (χ1v) is 7.61. The molecule has 4 nitrogen and oxygen atoms in total. The molecule has 0 bridgehead atoms. The summed E-state index contributed by atoms with van der Waals surface area (Å²) in [6.07, 6.45) is 0.516. The number of nitrogens with zero attached hydrogens (tertiary/aromatic N) is 2. The summed E-state index contributed by atoms with van der Waals surface area (Å²) in [6, 6.07) is 10.6. The van der Waals surface area contributed by atoms with Crippen LogP contribution in [-0.4, -0.2) is 37.3 Å². The van der Waals surface area contributed by atoms with Crippen molar-refractivity contribution in [3.05, 3.63) is 36.0 Å². The number of aromatic nitrogens is 1. The van der Waals surface area contributed by atoms with Gasteiger partial charge in [-0.15, -0.1) is 0 Å². The number of ether oxygens (including phenoxy) is 1. The van der Waals surface area contributed by atoms with Crippen molar-refractivity contribution in [3.63, 3.8) is 0 Å². The molecule has 4 heteroatoms. The summed E-state index contributed by atoms with van der Waals surface area (Å²) in [4.78, 5) is 7.17. The fraction of sp³-hybridized carbons (Fsp3) is 0.471. The van der Waals surface area contributed by atoms with Crippen LogP contribution in [0.2, 0.25) is 0 Å². The van der Waals surface area contributed by atoms with Gasteiger partial charge in [-0.1, -0.05) is 18.2 Å². The lowest BCUT2D eigenvalue weighted by Crippen LogP contribution is -2.45. The van der Waals surface area contributed by atoms with Crippen molar-refractivity contribution < 1.29 is 4.74 Å². The van der Waals surface area contributed by atoms with Gasteiger partial charge in [0, 0.05) is 30.7 Å². The van der Waals surface area contributed by atoms with Gasteiger partial charge in [0.1, 0.15) is 0 Å². The van der Waals surface area contributed by atoms with Crippen molar-refractivity contribution in [2.24, 2.45) is 0 Å². The summed E-state index contributed by atoms with van der Waals surface area (Å²) in [5.74, 6) is 0. The second kappa shape index (κ2) is 6.00. The number of pyridine rings is 1. The Balaban J connectivity index is 2.06. The van der Waals surface area contributed by atoms with E-state index in [-0.39, 0.29) is 12.2 Å². The Kier molecular flexibility index (Phi) is 4.08. The van der Waals surface area contributed by atoms with E-state index in [0.717, 1.165) is 30.8 Å². The van der Waals surface area contributed by atoms with Crippen LogP contribution in [0.25, 0.3) is 10.9 Å². The number of hydrogen-bond donors (Lipinski definition) is 1. The van der Waals surface area contributed by atoms with Gasteiger partial charge in [-0.25, -0.2) is 0 Å². The minimum atomic E-state index is 0.258. The number of hydrogen-bond acceptors (Lipinski definition) is 4. The number of benzene rings is 1. The Labute approximate surface area is 126 Å². The van der Waals surface area contributed by atoms with Crippen LogP contribution in [0, 0.1) is 0 Å². The Morgan fingerprint density at radius 1 is 1.24 bits per heavy atom. The Bertz CT molecular complexity index is 618. The SMILES string of the molecule is CNCc1cc(N2CC(C)OC(C)C2)c2ccccc2n1. The molecule has 0 aliphatic carbocycles. The monoisotopic (exact) mass is 285 g/mol. The average molecular weight is 285 g/mol. The lowest BCUT2D eigenvalue weighted by atomic mass is 10.1. The molecule has 1 N–H and O–H groups in total. The van der Waals surface area contributed by atoms with Crippen LogP contribution in [0.15, 0.2) is 30.3 Å². The molecule has 0 saturated carbocycles. The fourth-order valence-electron chi connectivity index (χ4n) is 3.12. The Hall–Kier alpha value is -1.65. The number of rotatable bonds is 3. The molecule has 0 spiro atoms. The van der Waals surface area contributed by atoms with Crippen LogP contribution in [0.3, 0.4) is 0 Å². The number of para-hydroxylation sites is 1. The zero-order chi connectivity index (χ0) is 14.8. The molecule has 1 fully saturated rings. The third-order valence-electron chi connectivity index (χ3n) is 3.87. The van der Waals surface area contributed by atoms with Crippen molar-refractivity contribution >= 4 is 16.6 Å². The van der Waals surface area contributed by atoms with Gasteiger partial charge < -0.3 is 15.0 Å². The maximum Gasteiger partial charge on any atom is 0.0726 e. The third-order valence-corrected chi connectivity index (χ3v) is 3.87. The highest BCUT2D eigenvalue weighted by atomic mass is 16.5. The largest absolute Gasteiger partial charge is 0.372 e. The number of anilines is 1. The van der Waals surface area contributed by atoms with Gasteiger partial charge in [0.15, 0.2) is 0 Å². The quantitative estimate of drug-likeness (QED) is 0.940. The van der Waals surface area contributed by atoms with Crippen molar-refractivity contribution in [1.29, 1.82) is 0 Å². The molecular weight excluding hydrogens is 262 g/mol. The summed E-state index contributed by atoms with van der Waals surface area (Å²) in [5.41, 5.74) is 3.41.